The van der Waals surface area contributed by atoms with E-state index in [1.165, 1.54) is 16.7 Å². The zero-order valence-electron chi connectivity index (χ0n) is 13.9. The number of amides is 2. The number of carboxylic acid groups (broad SMARTS) is 1. The Morgan fingerprint density at radius 1 is 1.35 bits per heavy atom. The van der Waals surface area contributed by atoms with Crippen molar-refractivity contribution in [1.29, 1.82) is 0 Å². The number of hydrogen-bond acceptors (Lipinski definition) is 5. The Morgan fingerprint density at radius 2 is 2.12 bits per heavy atom. The number of fused-ring (bicyclic) bond motifs is 2. The average molecular weight is 388 g/mol. The number of β-lactam (4-membered cyclic amide) rings is 1. The maximum Gasteiger partial charge on any atom is 0.352 e. The number of nitrogens with zero attached hydrogens (tertiary/aromatic N) is 1. The van der Waals surface area contributed by atoms with Gasteiger partial charge in [0.05, 0.1) is 6.42 Å². The van der Waals surface area contributed by atoms with Crippen LogP contribution in [0.5, 0.6) is 0 Å². The molecule has 0 bridgehead atoms. The van der Waals surface area contributed by atoms with Crippen LogP contribution in [-0.2, 0) is 20.8 Å². The van der Waals surface area contributed by atoms with E-state index in [1.54, 1.807) is 18.3 Å². The first kappa shape index (κ1) is 17.1. The summed E-state index contributed by atoms with van der Waals surface area (Å²) in [6.45, 7) is 1.72. The molecule has 0 aliphatic carbocycles. The van der Waals surface area contributed by atoms with Gasteiger partial charge in [-0.1, -0.05) is 18.2 Å². The molecule has 1 saturated heterocycles. The predicted molar refractivity (Wildman–Crippen MR) is 101 cm³/mol. The minimum Gasteiger partial charge on any atom is -0.477 e. The van der Waals surface area contributed by atoms with E-state index in [2.05, 4.69) is 5.32 Å². The Labute approximate surface area is 157 Å². The number of thiophene rings is 1. The van der Waals surface area contributed by atoms with Gasteiger partial charge in [0.1, 0.15) is 17.1 Å². The largest absolute Gasteiger partial charge is 0.477 e. The van der Waals surface area contributed by atoms with Gasteiger partial charge in [-0.2, -0.15) is 0 Å². The number of hydrogen-bond donors (Lipinski definition) is 2. The average Bonchev–Trinajstić information content (AvgIpc) is 3.02. The summed E-state index contributed by atoms with van der Waals surface area (Å²) < 4.78 is 1.12. The fourth-order valence-corrected chi connectivity index (χ4v) is 5.60. The lowest BCUT2D eigenvalue weighted by atomic mass is 10.0. The molecule has 2 aliphatic rings. The van der Waals surface area contributed by atoms with Crippen LogP contribution in [0.15, 0.2) is 40.9 Å². The van der Waals surface area contributed by atoms with Crippen molar-refractivity contribution in [2.75, 3.05) is 5.75 Å². The van der Waals surface area contributed by atoms with Crippen molar-refractivity contribution in [1.82, 2.24) is 10.2 Å². The first-order valence-electron chi connectivity index (χ1n) is 8.09. The summed E-state index contributed by atoms with van der Waals surface area (Å²) in [7, 11) is 0. The summed E-state index contributed by atoms with van der Waals surface area (Å²) in [6.07, 6.45) is 0.200. The number of carbonyl (C=O) groups excluding carboxylic acids is 2. The zero-order valence-corrected chi connectivity index (χ0v) is 15.5. The summed E-state index contributed by atoms with van der Waals surface area (Å²) >= 11 is 3.06. The van der Waals surface area contributed by atoms with E-state index in [0.29, 0.717) is 11.3 Å². The molecule has 1 fully saturated rings. The summed E-state index contributed by atoms with van der Waals surface area (Å²) in [4.78, 5) is 37.6. The molecule has 0 saturated carbocycles. The Bertz CT molecular complexity index is 965. The molecule has 2 N–H and O–H groups in total. The molecule has 2 aliphatic heterocycles. The highest BCUT2D eigenvalue weighted by Crippen LogP contribution is 2.40. The number of carboxylic acids is 1. The van der Waals surface area contributed by atoms with Crippen LogP contribution in [0.25, 0.3) is 10.1 Å². The second-order valence-corrected chi connectivity index (χ2v) is 8.34. The monoisotopic (exact) mass is 388 g/mol. The van der Waals surface area contributed by atoms with Crippen LogP contribution in [0.1, 0.15) is 12.5 Å². The first-order chi connectivity index (χ1) is 12.5. The SMILES string of the molecule is CC1=C(C(=O)O)N2C(=O)[C@@H](NC(=O)Cc3csc4ccccc34)[C@H]2SC1. The normalized spacial score (nSPS) is 22.2. The standard InChI is InChI=1S/C18H16N2O4S2/c1-9-7-26-17-14(16(22)20(17)15(9)18(23)24)19-13(21)6-10-8-25-12-5-3-2-4-11(10)12/h2-5,8,14,17H,6-7H2,1H3,(H,19,21)(H,23,24)/t14-,17-/m1/s1. The zero-order chi connectivity index (χ0) is 18.4. The summed E-state index contributed by atoms with van der Waals surface area (Å²) in [5.74, 6) is -1.15. The van der Waals surface area contributed by atoms with Crippen molar-refractivity contribution in [3.8, 4) is 0 Å². The molecular weight excluding hydrogens is 372 g/mol. The van der Waals surface area contributed by atoms with Crippen LogP contribution in [0.4, 0.5) is 0 Å². The van der Waals surface area contributed by atoms with Crippen LogP contribution in [0, 0.1) is 0 Å². The minimum atomic E-state index is -1.10. The summed E-state index contributed by atoms with van der Waals surface area (Å²) in [5, 5.41) is 14.8. The molecule has 3 heterocycles. The third-order valence-corrected chi connectivity index (χ3v) is 7.03. The predicted octanol–water partition coefficient (Wildman–Crippen LogP) is 2.20. The van der Waals surface area contributed by atoms with Crippen molar-refractivity contribution in [3.05, 3.63) is 46.5 Å². The van der Waals surface area contributed by atoms with Gasteiger partial charge in [-0.25, -0.2) is 4.79 Å². The van der Waals surface area contributed by atoms with Gasteiger partial charge in [0.25, 0.3) is 5.91 Å². The Balaban J connectivity index is 1.46. The second-order valence-electron chi connectivity index (χ2n) is 6.32. The molecule has 0 radical (unpaired) electrons. The third-order valence-electron chi connectivity index (χ3n) is 4.59. The van der Waals surface area contributed by atoms with Gasteiger partial charge < -0.3 is 10.4 Å². The molecule has 2 amide bonds. The number of aliphatic carboxylic acids is 1. The molecular formula is C18H16N2O4S2. The molecule has 26 heavy (non-hydrogen) atoms. The highest BCUT2D eigenvalue weighted by atomic mass is 32.2. The van der Waals surface area contributed by atoms with Gasteiger partial charge in [0.2, 0.25) is 5.91 Å². The van der Waals surface area contributed by atoms with Crippen LogP contribution in [0.2, 0.25) is 0 Å². The van der Waals surface area contributed by atoms with E-state index in [0.717, 1.165) is 15.6 Å². The van der Waals surface area contributed by atoms with Gasteiger partial charge in [-0.3, -0.25) is 14.5 Å². The van der Waals surface area contributed by atoms with Gasteiger partial charge >= 0.3 is 5.97 Å². The van der Waals surface area contributed by atoms with E-state index in [4.69, 9.17) is 0 Å². The topological polar surface area (TPSA) is 86.7 Å². The maximum atomic E-state index is 12.4. The van der Waals surface area contributed by atoms with Crippen LogP contribution in [0.3, 0.4) is 0 Å². The number of nitrogens with one attached hydrogen (secondary N) is 1. The molecule has 2 atom stereocenters. The molecule has 2 aromatic rings. The van der Waals surface area contributed by atoms with E-state index < -0.39 is 12.0 Å². The van der Waals surface area contributed by atoms with Crippen molar-refractivity contribution in [3.63, 3.8) is 0 Å². The fraction of sp³-hybridized carbons (Fsp3) is 0.278. The number of rotatable bonds is 4. The molecule has 0 unspecified atom stereocenters. The minimum absolute atomic E-state index is 0.0491. The van der Waals surface area contributed by atoms with Crippen molar-refractivity contribution in [2.45, 2.75) is 24.8 Å². The van der Waals surface area contributed by atoms with E-state index in [-0.39, 0.29) is 29.3 Å². The number of carbonyl (C=O) groups is 3. The van der Waals surface area contributed by atoms with E-state index >= 15 is 0 Å². The molecule has 0 spiro atoms. The lowest BCUT2D eigenvalue weighted by Crippen LogP contribution is -2.70. The fourth-order valence-electron chi connectivity index (χ4n) is 3.34. The highest BCUT2D eigenvalue weighted by molar-refractivity contribution is 8.00. The smallest absolute Gasteiger partial charge is 0.352 e. The van der Waals surface area contributed by atoms with Gasteiger partial charge in [0, 0.05) is 10.5 Å². The molecule has 4 rings (SSSR count). The van der Waals surface area contributed by atoms with Crippen molar-refractivity contribution >= 4 is 51.0 Å². The highest BCUT2D eigenvalue weighted by Gasteiger charge is 2.53. The Hall–Kier alpha value is -2.32. The molecule has 8 heteroatoms. The number of benzene rings is 1. The lowest BCUT2D eigenvalue weighted by Gasteiger charge is -2.49. The van der Waals surface area contributed by atoms with E-state index in [1.807, 2.05) is 29.6 Å². The maximum absolute atomic E-state index is 12.4. The Morgan fingerprint density at radius 3 is 2.88 bits per heavy atom. The number of thioether (sulfide) groups is 1. The quantitative estimate of drug-likeness (QED) is 0.784. The summed E-state index contributed by atoms with van der Waals surface area (Å²) in [5.41, 5.74) is 1.65. The van der Waals surface area contributed by atoms with Crippen LogP contribution in [-0.4, -0.2) is 45.0 Å². The summed E-state index contributed by atoms with van der Waals surface area (Å²) in [6, 6.07) is 7.22. The van der Waals surface area contributed by atoms with Gasteiger partial charge in [-0.15, -0.1) is 23.1 Å². The lowest BCUT2D eigenvalue weighted by molar-refractivity contribution is -0.150. The van der Waals surface area contributed by atoms with Gasteiger partial charge in [0.15, 0.2) is 0 Å². The van der Waals surface area contributed by atoms with Crippen molar-refractivity contribution < 1.29 is 19.5 Å². The third kappa shape index (κ3) is 2.69. The molecule has 1 aromatic heterocycles. The van der Waals surface area contributed by atoms with Crippen LogP contribution >= 0.6 is 23.1 Å². The molecule has 134 valence electrons. The van der Waals surface area contributed by atoms with E-state index in [9.17, 15) is 19.5 Å². The van der Waals surface area contributed by atoms with Crippen molar-refractivity contribution in [2.24, 2.45) is 0 Å². The van der Waals surface area contributed by atoms with Gasteiger partial charge in [-0.05, 0) is 34.9 Å². The second kappa shape index (κ2) is 6.44. The molecule has 6 nitrogen and oxygen atoms in total. The van der Waals surface area contributed by atoms with Crippen LogP contribution < -0.4 is 5.32 Å². The molecule has 1 aromatic carbocycles. The Kier molecular flexibility index (Phi) is 4.24. The first-order valence-corrected chi connectivity index (χ1v) is 10.0.